The number of aryl methyl sites for hydroxylation is 1. The van der Waals surface area contributed by atoms with Gasteiger partial charge in [-0.3, -0.25) is 4.90 Å². The Bertz CT molecular complexity index is 580. The fraction of sp³-hybridized carbons (Fsp3) is 0.357. The van der Waals surface area contributed by atoms with Crippen molar-refractivity contribution in [1.29, 1.82) is 0 Å². The molecular formula is C14H17N3O2S. The maximum Gasteiger partial charge on any atom is 0.337 e. The molecule has 5 nitrogen and oxygen atoms in total. The lowest BCUT2D eigenvalue weighted by atomic mass is 10.1. The van der Waals surface area contributed by atoms with E-state index in [2.05, 4.69) is 19.8 Å². The minimum absolute atomic E-state index is 0.311. The number of hydrogen-bond acceptors (Lipinski definition) is 6. The third kappa shape index (κ3) is 3.85. The zero-order valence-electron chi connectivity index (χ0n) is 11.8. The summed E-state index contributed by atoms with van der Waals surface area (Å²) in [6.45, 7) is 3.51. The van der Waals surface area contributed by atoms with Crippen LogP contribution < -0.4 is 0 Å². The Hall–Kier alpha value is -1.79. The highest BCUT2D eigenvalue weighted by atomic mass is 32.1. The molecule has 20 heavy (non-hydrogen) atoms. The largest absolute Gasteiger partial charge is 0.465 e. The van der Waals surface area contributed by atoms with Gasteiger partial charge in [0.1, 0.15) is 10.0 Å². The van der Waals surface area contributed by atoms with E-state index in [1.54, 1.807) is 23.5 Å². The lowest BCUT2D eigenvalue weighted by Gasteiger charge is -2.14. The molecule has 0 saturated carbocycles. The number of carbonyl (C=O) groups excluding carboxylic acids is 1. The zero-order chi connectivity index (χ0) is 14.5. The summed E-state index contributed by atoms with van der Waals surface area (Å²) >= 11 is 1.61. The predicted molar refractivity (Wildman–Crippen MR) is 77.6 cm³/mol. The van der Waals surface area contributed by atoms with Crippen LogP contribution in [-0.2, 0) is 17.8 Å². The molecule has 0 unspecified atom stereocenters. The van der Waals surface area contributed by atoms with Gasteiger partial charge in [-0.15, -0.1) is 21.5 Å². The lowest BCUT2D eigenvalue weighted by molar-refractivity contribution is 0.0600. The summed E-state index contributed by atoms with van der Waals surface area (Å²) in [5, 5.41) is 10.1. The topological polar surface area (TPSA) is 55.3 Å². The minimum Gasteiger partial charge on any atom is -0.465 e. The third-order valence-corrected chi connectivity index (χ3v) is 3.62. The molecule has 0 radical (unpaired) electrons. The highest BCUT2D eigenvalue weighted by Gasteiger charge is 2.08. The van der Waals surface area contributed by atoms with Gasteiger partial charge in [-0.25, -0.2) is 4.79 Å². The van der Waals surface area contributed by atoms with Gasteiger partial charge in [0.05, 0.1) is 19.2 Å². The van der Waals surface area contributed by atoms with E-state index >= 15 is 0 Å². The van der Waals surface area contributed by atoms with Gasteiger partial charge in [-0.05, 0) is 31.7 Å². The number of esters is 1. The monoisotopic (exact) mass is 291 g/mol. The molecule has 0 atom stereocenters. The molecule has 2 aromatic rings. The normalized spacial score (nSPS) is 10.8. The van der Waals surface area contributed by atoms with Crippen LogP contribution in [0.2, 0.25) is 0 Å². The Morgan fingerprint density at radius 1 is 1.25 bits per heavy atom. The molecule has 2 rings (SSSR count). The molecule has 0 bridgehead atoms. The van der Waals surface area contributed by atoms with Crippen LogP contribution in [0.1, 0.15) is 25.9 Å². The van der Waals surface area contributed by atoms with Crippen LogP contribution in [0, 0.1) is 6.92 Å². The van der Waals surface area contributed by atoms with Crippen molar-refractivity contribution < 1.29 is 9.53 Å². The van der Waals surface area contributed by atoms with E-state index in [9.17, 15) is 4.79 Å². The van der Waals surface area contributed by atoms with Crippen LogP contribution >= 0.6 is 11.3 Å². The fourth-order valence-electron chi connectivity index (χ4n) is 1.86. The Kier molecular flexibility index (Phi) is 4.81. The Morgan fingerprint density at radius 2 is 1.95 bits per heavy atom. The SMILES string of the molecule is COC(=O)c1ccc(CN(C)Cc2nnc(C)s2)cc1. The number of hydrogen-bond donors (Lipinski definition) is 0. The first kappa shape index (κ1) is 14.6. The van der Waals surface area contributed by atoms with E-state index < -0.39 is 0 Å². The number of aromatic nitrogens is 2. The van der Waals surface area contributed by atoms with Crippen LogP contribution in [0.5, 0.6) is 0 Å². The van der Waals surface area contributed by atoms with E-state index in [0.29, 0.717) is 5.56 Å². The van der Waals surface area contributed by atoms with Crippen molar-refractivity contribution in [1.82, 2.24) is 15.1 Å². The van der Waals surface area contributed by atoms with Crippen molar-refractivity contribution in [2.75, 3.05) is 14.2 Å². The number of nitrogens with zero attached hydrogens (tertiary/aromatic N) is 3. The molecule has 0 aliphatic rings. The molecule has 1 heterocycles. The van der Waals surface area contributed by atoms with Crippen molar-refractivity contribution in [3.63, 3.8) is 0 Å². The molecule has 0 amide bonds. The number of carbonyl (C=O) groups is 1. The quantitative estimate of drug-likeness (QED) is 0.791. The van der Waals surface area contributed by atoms with Crippen LogP contribution in [0.25, 0.3) is 0 Å². The maximum atomic E-state index is 11.3. The van der Waals surface area contributed by atoms with Gasteiger partial charge in [0.25, 0.3) is 0 Å². The molecule has 106 valence electrons. The summed E-state index contributed by atoms with van der Waals surface area (Å²) in [6.07, 6.45) is 0. The number of benzene rings is 1. The van der Waals surface area contributed by atoms with Crippen LogP contribution in [-0.4, -0.2) is 35.2 Å². The van der Waals surface area contributed by atoms with Gasteiger partial charge in [0, 0.05) is 6.54 Å². The van der Waals surface area contributed by atoms with E-state index in [1.165, 1.54) is 7.11 Å². The highest BCUT2D eigenvalue weighted by molar-refractivity contribution is 7.11. The van der Waals surface area contributed by atoms with Crippen molar-refractivity contribution in [2.45, 2.75) is 20.0 Å². The van der Waals surface area contributed by atoms with Gasteiger partial charge in [0.15, 0.2) is 0 Å². The zero-order valence-corrected chi connectivity index (χ0v) is 12.6. The van der Waals surface area contributed by atoms with Gasteiger partial charge in [0.2, 0.25) is 0 Å². The molecule has 0 N–H and O–H groups in total. The lowest BCUT2D eigenvalue weighted by Crippen LogP contribution is -2.17. The number of ether oxygens (including phenoxy) is 1. The van der Waals surface area contributed by atoms with Crippen molar-refractivity contribution in [2.24, 2.45) is 0 Å². The summed E-state index contributed by atoms with van der Waals surface area (Å²) in [4.78, 5) is 13.5. The van der Waals surface area contributed by atoms with Gasteiger partial charge >= 0.3 is 5.97 Å². The van der Waals surface area contributed by atoms with Gasteiger partial charge < -0.3 is 4.74 Å². The summed E-state index contributed by atoms with van der Waals surface area (Å²) in [5.41, 5.74) is 1.71. The van der Waals surface area contributed by atoms with Crippen LogP contribution in [0.15, 0.2) is 24.3 Å². The second-order valence-electron chi connectivity index (χ2n) is 4.58. The van der Waals surface area contributed by atoms with E-state index in [4.69, 9.17) is 0 Å². The number of rotatable bonds is 5. The van der Waals surface area contributed by atoms with E-state index in [-0.39, 0.29) is 5.97 Å². The summed E-state index contributed by atoms with van der Waals surface area (Å²) in [7, 11) is 3.42. The maximum absolute atomic E-state index is 11.3. The summed E-state index contributed by atoms with van der Waals surface area (Å²) in [6, 6.07) is 7.44. The molecule has 0 aliphatic carbocycles. The van der Waals surface area contributed by atoms with E-state index in [1.807, 2.05) is 26.1 Å². The molecule has 0 saturated heterocycles. The molecule has 0 aliphatic heterocycles. The smallest absolute Gasteiger partial charge is 0.337 e. The van der Waals surface area contributed by atoms with Crippen molar-refractivity contribution in [3.05, 3.63) is 45.4 Å². The van der Waals surface area contributed by atoms with Gasteiger partial charge in [-0.1, -0.05) is 12.1 Å². The van der Waals surface area contributed by atoms with Gasteiger partial charge in [-0.2, -0.15) is 0 Å². The average molecular weight is 291 g/mol. The Balaban J connectivity index is 1.94. The van der Waals surface area contributed by atoms with Crippen molar-refractivity contribution >= 4 is 17.3 Å². The first-order chi connectivity index (χ1) is 9.58. The second kappa shape index (κ2) is 6.58. The molecular weight excluding hydrogens is 274 g/mol. The Morgan fingerprint density at radius 3 is 2.50 bits per heavy atom. The molecule has 1 aromatic carbocycles. The molecule has 1 aromatic heterocycles. The summed E-state index contributed by atoms with van der Waals surface area (Å²) < 4.78 is 4.68. The first-order valence-electron chi connectivity index (χ1n) is 6.23. The molecule has 0 spiro atoms. The fourth-order valence-corrected chi connectivity index (χ4v) is 2.65. The van der Waals surface area contributed by atoms with Crippen molar-refractivity contribution in [3.8, 4) is 0 Å². The first-order valence-corrected chi connectivity index (χ1v) is 7.05. The molecule has 6 heteroatoms. The highest BCUT2D eigenvalue weighted by Crippen LogP contribution is 2.13. The Labute approximate surface area is 122 Å². The number of methoxy groups -OCH3 is 1. The van der Waals surface area contributed by atoms with Crippen LogP contribution in [0.4, 0.5) is 0 Å². The minimum atomic E-state index is -0.311. The molecule has 0 fully saturated rings. The average Bonchev–Trinajstić information content (AvgIpc) is 2.84. The standard InChI is InChI=1S/C14H17N3O2S/c1-10-15-16-13(20-10)9-17(2)8-11-4-6-12(7-5-11)14(18)19-3/h4-7H,8-9H2,1-3H3. The van der Waals surface area contributed by atoms with E-state index in [0.717, 1.165) is 28.7 Å². The second-order valence-corrected chi connectivity index (χ2v) is 5.84. The summed E-state index contributed by atoms with van der Waals surface area (Å²) in [5.74, 6) is -0.311. The predicted octanol–water partition coefficient (Wildman–Crippen LogP) is 2.27. The third-order valence-electron chi connectivity index (χ3n) is 2.80. The van der Waals surface area contributed by atoms with Crippen LogP contribution in [0.3, 0.4) is 0 Å².